The maximum atomic E-state index is 12.6. The largest absolute Gasteiger partial charge is 0.480 e. The Labute approximate surface area is 193 Å². The van der Waals surface area contributed by atoms with Crippen LogP contribution < -0.4 is 10.6 Å². The minimum absolute atomic E-state index is 0.0336. The summed E-state index contributed by atoms with van der Waals surface area (Å²) in [4.78, 5) is 35.9. The predicted molar refractivity (Wildman–Crippen MR) is 117 cm³/mol. The van der Waals surface area contributed by atoms with E-state index in [1.54, 1.807) is 0 Å². The number of carboxylic acid groups (broad SMARTS) is 1. The van der Waals surface area contributed by atoms with Gasteiger partial charge in [0, 0.05) is 5.92 Å². The number of halogens is 3. The number of hydrogen-bond acceptors (Lipinski definition) is 4. The second kappa shape index (κ2) is 10.4. The van der Waals surface area contributed by atoms with Gasteiger partial charge in [0.1, 0.15) is 18.7 Å². The van der Waals surface area contributed by atoms with Gasteiger partial charge in [-0.3, -0.25) is 4.79 Å². The van der Waals surface area contributed by atoms with Crippen LogP contribution in [0.4, 0.5) is 18.0 Å². The average molecular weight is 476 g/mol. The second-order valence-corrected chi connectivity index (χ2v) is 7.77. The summed E-state index contributed by atoms with van der Waals surface area (Å²) in [5, 5.41) is 13.1. The summed E-state index contributed by atoms with van der Waals surface area (Å²) >= 11 is 0. The number of alkyl carbamates (subject to hydrolysis) is 1. The molecule has 2 atom stereocenters. The molecule has 3 N–H and O–H groups in total. The highest BCUT2D eigenvalue weighted by Crippen LogP contribution is 2.44. The fourth-order valence-corrected chi connectivity index (χ4v) is 3.88. The minimum atomic E-state index is -4.80. The van der Waals surface area contributed by atoms with Crippen LogP contribution in [-0.4, -0.2) is 47.9 Å². The molecule has 10 heteroatoms. The van der Waals surface area contributed by atoms with Gasteiger partial charge in [-0.05, 0) is 28.7 Å². The molecule has 1 aliphatic carbocycles. The molecular formula is C24H23F3N2O5. The van der Waals surface area contributed by atoms with Gasteiger partial charge in [-0.2, -0.15) is 13.2 Å². The topological polar surface area (TPSA) is 105 Å². The number of nitrogens with one attached hydrogen (secondary N) is 2. The quantitative estimate of drug-likeness (QED) is 0.475. The van der Waals surface area contributed by atoms with Crippen LogP contribution in [0.3, 0.4) is 0 Å². The first-order valence-corrected chi connectivity index (χ1v) is 10.4. The van der Waals surface area contributed by atoms with Gasteiger partial charge in [-0.1, -0.05) is 54.6 Å². The Morgan fingerprint density at radius 2 is 1.56 bits per heavy atom. The van der Waals surface area contributed by atoms with E-state index in [0.717, 1.165) is 22.3 Å². The smallest absolute Gasteiger partial charge is 0.407 e. The number of hydrogen-bond donors (Lipinski definition) is 3. The number of carbonyl (C=O) groups excluding carboxylic acids is 2. The lowest BCUT2D eigenvalue weighted by molar-refractivity contribution is -0.160. The number of rotatable bonds is 9. The summed E-state index contributed by atoms with van der Waals surface area (Å²) in [5.41, 5.74) is 4.02. The van der Waals surface area contributed by atoms with E-state index in [1.807, 2.05) is 53.8 Å². The molecule has 0 bridgehead atoms. The van der Waals surface area contributed by atoms with Gasteiger partial charge in [0.25, 0.3) is 0 Å². The van der Waals surface area contributed by atoms with E-state index in [9.17, 15) is 27.6 Å². The first-order chi connectivity index (χ1) is 16.1. The van der Waals surface area contributed by atoms with E-state index in [0.29, 0.717) is 0 Å². The first kappa shape index (κ1) is 24.8. The van der Waals surface area contributed by atoms with Crippen LogP contribution in [0.25, 0.3) is 11.1 Å². The van der Waals surface area contributed by atoms with Crippen LogP contribution in [0, 0.1) is 0 Å². The molecule has 0 aliphatic heterocycles. The molecule has 2 amide bonds. The normalized spacial score (nSPS) is 14.3. The highest BCUT2D eigenvalue weighted by molar-refractivity contribution is 5.89. The molecule has 0 saturated carbocycles. The average Bonchev–Trinajstić information content (AvgIpc) is 3.09. The fourth-order valence-electron chi connectivity index (χ4n) is 3.88. The van der Waals surface area contributed by atoms with Gasteiger partial charge < -0.3 is 20.5 Å². The molecule has 0 spiro atoms. The highest BCUT2D eigenvalue weighted by Gasteiger charge is 2.37. The van der Waals surface area contributed by atoms with Crippen molar-refractivity contribution in [2.75, 3.05) is 6.61 Å². The number of alkyl halides is 3. The Hall–Kier alpha value is -3.82. The van der Waals surface area contributed by atoms with Gasteiger partial charge in [-0.25, -0.2) is 9.59 Å². The molecule has 0 heterocycles. The van der Waals surface area contributed by atoms with Gasteiger partial charge in [-0.15, -0.1) is 6.58 Å². The van der Waals surface area contributed by atoms with E-state index in [1.165, 1.54) is 6.08 Å². The molecule has 34 heavy (non-hydrogen) atoms. The maximum absolute atomic E-state index is 12.6. The van der Waals surface area contributed by atoms with Gasteiger partial charge in [0.05, 0.1) is 6.42 Å². The molecule has 0 aromatic heterocycles. The lowest BCUT2D eigenvalue weighted by Gasteiger charge is -2.21. The zero-order valence-electron chi connectivity index (χ0n) is 18.0. The number of fused-ring (bicyclic) bond motifs is 3. The molecule has 0 saturated heterocycles. The van der Waals surface area contributed by atoms with Crippen molar-refractivity contribution in [1.82, 2.24) is 10.6 Å². The maximum Gasteiger partial charge on any atom is 0.407 e. The number of benzene rings is 2. The first-order valence-electron chi connectivity index (χ1n) is 10.4. The number of aliphatic carboxylic acids is 1. The zero-order valence-corrected chi connectivity index (χ0v) is 18.0. The van der Waals surface area contributed by atoms with E-state index >= 15 is 0 Å². The molecule has 3 rings (SSSR count). The third-order valence-corrected chi connectivity index (χ3v) is 5.40. The summed E-state index contributed by atoms with van der Waals surface area (Å²) < 4.78 is 43.2. The van der Waals surface area contributed by atoms with E-state index in [-0.39, 0.29) is 18.9 Å². The van der Waals surface area contributed by atoms with Crippen molar-refractivity contribution in [1.29, 1.82) is 0 Å². The van der Waals surface area contributed by atoms with Crippen LogP contribution in [0.5, 0.6) is 0 Å². The third kappa shape index (κ3) is 5.94. The molecule has 0 radical (unpaired) electrons. The van der Waals surface area contributed by atoms with E-state index < -0.39 is 42.7 Å². The van der Waals surface area contributed by atoms with Crippen LogP contribution in [0.2, 0.25) is 0 Å². The van der Waals surface area contributed by atoms with Crippen LogP contribution in [0.1, 0.15) is 29.9 Å². The number of carbonyl (C=O) groups is 3. The van der Waals surface area contributed by atoms with Crippen molar-refractivity contribution in [2.45, 2.75) is 37.0 Å². The number of carboxylic acids is 1. The van der Waals surface area contributed by atoms with Crippen LogP contribution >= 0.6 is 0 Å². The van der Waals surface area contributed by atoms with E-state index in [2.05, 4.69) is 11.9 Å². The summed E-state index contributed by atoms with van der Waals surface area (Å²) in [6.07, 6.45) is -6.39. The highest BCUT2D eigenvalue weighted by atomic mass is 19.4. The Bertz CT molecular complexity index is 1040. The van der Waals surface area contributed by atoms with E-state index in [4.69, 9.17) is 9.84 Å². The van der Waals surface area contributed by atoms with Gasteiger partial charge in [0.15, 0.2) is 0 Å². The Morgan fingerprint density at radius 1 is 1.00 bits per heavy atom. The lowest BCUT2D eigenvalue weighted by atomic mass is 9.98. The van der Waals surface area contributed by atoms with Crippen molar-refractivity contribution in [3.63, 3.8) is 0 Å². The van der Waals surface area contributed by atoms with Gasteiger partial charge in [0.2, 0.25) is 5.91 Å². The Balaban J connectivity index is 1.65. The van der Waals surface area contributed by atoms with Crippen molar-refractivity contribution in [2.24, 2.45) is 0 Å². The predicted octanol–water partition coefficient (Wildman–Crippen LogP) is 3.99. The molecule has 2 unspecified atom stereocenters. The van der Waals surface area contributed by atoms with Crippen molar-refractivity contribution < 1.29 is 37.4 Å². The monoisotopic (exact) mass is 476 g/mol. The summed E-state index contributed by atoms with van der Waals surface area (Å²) in [5.74, 6) is -3.16. The minimum Gasteiger partial charge on any atom is -0.480 e. The van der Waals surface area contributed by atoms with Crippen molar-refractivity contribution >= 4 is 18.0 Å². The Kier molecular flexibility index (Phi) is 7.60. The Morgan fingerprint density at radius 3 is 2.06 bits per heavy atom. The summed E-state index contributed by atoms with van der Waals surface area (Å²) in [6.45, 7) is 3.42. The van der Waals surface area contributed by atoms with Crippen molar-refractivity contribution in [3.8, 4) is 11.1 Å². The molecular weight excluding hydrogens is 453 g/mol. The molecule has 7 nitrogen and oxygen atoms in total. The zero-order chi connectivity index (χ0) is 24.9. The number of amides is 2. The SMILES string of the molecule is C=CCC(NC(=O)OCC1c2ccccc2-c2ccccc21)C(=O)NC(CC(F)(F)F)C(=O)O. The standard InChI is InChI=1S/C24H23F3N2O5/c1-2-7-19(21(30)28-20(22(31)32)12-24(25,26)27)29-23(33)34-13-18-16-10-5-3-8-14(16)15-9-4-6-11-17(15)18/h2-6,8-11,18-20H,1,7,12-13H2,(H,28,30)(H,29,33)(H,31,32). The van der Waals surface area contributed by atoms with Crippen molar-refractivity contribution in [3.05, 3.63) is 72.3 Å². The summed E-state index contributed by atoms with van der Waals surface area (Å²) in [7, 11) is 0. The van der Waals surface area contributed by atoms with Gasteiger partial charge >= 0.3 is 18.2 Å². The molecule has 2 aromatic rings. The fraction of sp³-hybridized carbons (Fsp3) is 0.292. The third-order valence-electron chi connectivity index (χ3n) is 5.40. The molecule has 180 valence electrons. The second-order valence-electron chi connectivity index (χ2n) is 7.77. The number of ether oxygens (including phenoxy) is 1. The lowest BCUT2D eigenvalue weighted by Crippen LogP contribution is -2.52. The summed E-state index contributed by atoms with van der Waals surface area (Å²) in [6, 6.07) is 11.8. The molecule has 2 aromatic carbocycles. The molecule has 0 fully saturated rings. The van der Waals surface area contributed by atoms with Crippen LogP contribution in [-0.2, 0) is 14.3 Å². The van der Waals surface area contributed by atoms with Crippen LogP contribution in [0.15, 0.2) is 61.2 Å². The molecule has 1 aliphatic rings.